The van der Waals surface area contributed by atoms with Crippen molar-refractivity contribution in [3.8, 4) is 11.3 Å². The summed E-state index contributed by atoms with van der Waals surface area (Å²) in [6.07, 6.45) is 1.87. The van der Waals surface area contributed by atoms with E-state index >= 15 is 0 Å². The first-order valence-corrected chi connectivity index (χ1v) is 5.73. The van der Waals surface area contributed by atoms with Crippen LogP contribution in [0.4, 0.5) is 4.39 Å². The summed E-state index contributed by atoms with van der Waals surface area (Å²) in [5, 5.41) is 4.47. The van der Waals surface area contributed by atoms with E-state index in [1.54, 1.807) is 23.6 Å². The van der Waals surface area contributed by atoms with E-state index < -0.39 is 0 Å². The molecule has 2 heterocycles. The van der Waals surface area contributed by atoms with Gasteiger partial charge < -0.3 is 0 Å². The van der Waals surface area contributed by atoms with Gasteiger partial charge in [-0.1, -0.05) is 0 Å². The molecule has 0 saturated heterocycles. The second-order valence-electron chi connectivity index (χ2n) is 4.37. The van der Waals surface area contributed by atoms with Crippen molar-refractivity contribution in [3.05, 3.63) is 53.6 Å². The molecule has 1 aromatic carbocycles. The lowest BCUT2D eigenvalue weighted by atomic mass is 10.1. The second kappa shape index (κ2) is 3.91. The number of nitrogens with zero attached hydrogens (tertiary/aromatic N) is 3. The van der Waals surface area contributed by atoms with Crippen molar-refractivity contribution >= 4 is 5.65 Å². The van der Waals surface area contributed by atoms with Crippen molar-refractivity contribution < 1.29 is 4.39 Å². The minimum absolute atomic E-state index is 0.196. The van der Waals surface area contributed by atoms with Crippen LogP contribution >= 0.6 is 0 Å². The number of hydrogen-bond acceptors (Lipinski definition) is 2. The molecule has 0 saturated carbocycles. The molecular weight excluding hydrogens is 229 g/mol. The van der Waals surface area contributed by atoms with Gasteiger partial charge in [0, 0.05) is 5.56 Å². The predicted octanol–water partition coefficient (Wildman–Crippen LogP) is 3.15. The van der Waals surface area contributed by atoms with E-state index in [0.717, 1.165) is 22.6 Å². The van der Waals surface area contributed by atoms with Crippen molar-refractivity contribution in [1.29, 1.82) is 0 Å². The molecule has 0 radical (unpaired) electrons. The average Bonchev–Trinajstić information content (AvgIpc) is 2.71. The van der Waals surface area contributed by atoms with E-state index in [9.17, 15) is 4.39 Å². The van der Waals surface area contributed by atoms with Gasteiger partial charge in [-0.25, -0.2) is 13.9 Å². The van der Waals surface area contributed by atoms with Crippen LogP contribution in [-0.2, 0) is 0 Å². The summed E-state index contributed by atoms with van der Waals surface area (Å²) in [4.78, 5) is 4.32. The number of aromatic nitrogens is 3. The van der Waals surface area contributed by atoms with Gasteiger partial charge in [0.15, 0.2) is 5.65 Å². The van der Waals surface area contributed by atoms with E-state index in [4.69, 9.17) is 0 Å². The maximum Gasteiger partial charge on any atom is 0.153 e. The highest BCUT2D eigenvalue weighted by Gasteiger charge is 2.05. The Morgan fingerprint density at radius 3 is 2.72 bits per heavy atom. The first kappa shape index (κ1) is 10.9. The summed E-state index contributed by atoms with van der Waals surface area (Å²) in [6, 6.07) is 8.81. The van der Waals surface area contributed by atoms with Crippen LogP contribution < -0.4 is 0 Å². The Balaban J connectivity index is 2.15. The molecule has 3 nitrogen and oxygen atoms in total. The number of benzene rings is 1. The van der Waals surface area contributed by atoms with Crippen molar-refractivity contribution in [2.75, 3.05) is 0 Å². The smallest absolute Gasteiger partial charge is 0.153 e. The van der Waals surface area contributed by atoms with Crippen LogP contribution in [0.25, 0.3) is 16.9 Å². The van der Waals surface area contributed by atoms with Crippen LogP contribution in [0.3, 0.4) is 0 Å². The van der Waals surface area contributed by atoms with Gasteiger partial charge in [-0.05, 0) is 49.7 Å². The van der Waals surface area contributed by atoms with Gasteiger partial charge in [-0.2, -0.15) is 5.10 Å². The van der Waals surface area contributed by atoms with E-state index in [0.29, 0.717) is 5.56 Å². The first-order valence-electron chi connectivity index (χ1n) is 5.73. The molecule has 0 spiro atoms. The molecule has 4 heteroatoms. The van der Waals surface area contributed by atoms with Gasteiger partial charge in [0.05, 0.1) is 17.6 Å². The Morgan fingerprint density at radius 2 is 1.94 bits per heavy atom. The van der Waals surface area contributed by atoms with Crippen LogP contribution in [0, 0.1) is 19.7 Å². The fourth-order valence-corrected chi connectivity index (χ4v) is 1.96. The van der Waals surface area contributed by atoms with E-state index in [1.807, 2.05) is 25.3 Å². The molecule has 0 aliphatic heterocycles. The highest BCUT2D eigenvalue weighted by molar-refractivity contribution is 5.61. The monoisotopic (exact) mass is 241 g/mol. The lowest BCUT2D eigenvalue weighted by Gasteiger charge is -2.03. The van der Waals surface area contributed by atoms with Crippen molar-refractivity contribution in [2.24, 2.45) is 0 Å². The summed E-state index contributed by atoms with van der Waals surface area (Å²) >= 11 is 0. The molecule has 0 N–H and O–H groups in total. The third-order valence-electron chi connectivity index (χ3n) is 2.89. The molecule has 0 aliphatic rings. The first-order chi connectivity index (χ1) is 8.63. The molecule has 0 fully saturated rings. The van der Waals surface area contributed by atoms with E-state index in [1.165, 1.54) is 6.07 Å². The Hall–Kier alpha value is -2.23. The molecular formula is C14H12FN3. The highest BCUT2D eigenvalue weighted by Crippen LogP contribution is 2.20. The summed E-state index contributed by atoms with van der Waals surface area (Å²) in [5.74, 6) is -0.196. The zero-order valence-electron chi connectivity index (χ0n) is 10.2. The summed E-state index contributed by atoms with van der Waals surface area (Å²) in [6.45, 7) is 3.68. The maximum atomic E-state index is 13.2. The third kappa shape index (κ3) is 1.76. The van der Waals surface area contributed by atoms with Crippen LogP contribution in [0.15, 0.2) is 36.5 Å². The van der Waals surface area contributed by atoms with Gasteiger partial charge in [0.1, 0.15) is 5.82 Å². The largest absolute Gasteiger partial charge is 0.232 e. The predicted molar refractivity (Wildman–Crippen MR) is 67.9 cm³/mol. The Labute approximate surface area is 104 Å². The van der Waals surface area contributed by atoms with E-state index in [-0.39, 0.29) is 5.82 Å². The third-order valence-corrected chi connectivity index (χ3v) is 2.89. The summed E-state index contributed by atoms with van der Waals surface area (Å²) < 4.78 is 15.0. The Kier molecular flexibility index (Phi) is 2.37. The maximum absolute atomic E-state index is 13.2. The normalized spacial score (nSPS) is 11.1. The molecule has 3 aromatic rings. The SMILES string of the molecule is Cc1cn2nc(-c3ccc(F)c(C)c3)ccc2n1. The zero-order chi connectivity index (χ0) is 12.7. The lowest BCUT2D eigenvalue weighted by molar-refractivity contribution is 0.618. The zero-order valence-corrected chi connectivity index (χ0v) is 10.2. The molecule has 0 bridgehead atoms. The number of fused-ring (bicyclic) bond motifs is 1. The topological polar surface area (TPSA) is 30.2 Å². The van der Waals surface area contributed by atoms with E-state index in [2.05, 4.69) is 10.1 Å². The number of rotatable bonds is 1. The Bertz CT molecular complexity index is 731. The molecule has 0 atom stereocenters. The molecule has 0 aliphatic carbocycles. The number of halogens is 1. The van der Waals surface area contributed by atoms with Crippen LogP contribution in [0.2, 0.25) is 0 Å². The highest BCUT2D eigenvalue weighted by atomic mass is 19.1. The fraction of sp³-hybridized carbons (Fsp3) is 0.143. The fourth-order valence-electron chi connectivity index (χ4n) is 1.96. The molecule has 3 rings (SSSR count). The Morgan fingerprint density at radius 1 is 1.11 bits per heavy atom. The average molecular weight is 241 g/mol. The van der Waals surface area contributed by atoms with Crippen LogP contribution in [-0.4, -0.2) is 14.6 Å². The molecule has 18 heavy (non-hydrogen) atoms. The molecule has 0 amide bonds. The van der Waals surface area contributed by atoms with Crippen LogP contribution in [0.1, 0.15) is 11.3 Å². The quantitative estimate of drug-likeness (QED) is 0.655. The van der Waals surface area contributed by atoms with Gasteiger partial charge in [-0.15, -0.1) is 0 Å². The van der Waals surface area contributed by atoms with Gasteiger partial charge >= 0.3 is 0 Å². The van der Waals surface area contributed by atoms with Gasteiger partial charge in [0.25, 0.3) is 0 Å². The summed E-state index contributed by atoms with van der Waals surface area (Å²) in [7, 11) is 0. The molecule has 0 unspecified atom stereocenters. The minimum Gasteiger partial charge on any atom is -0.232 e. The number of hydrogen-bond donors (Lipinski definition) is 0. The number of aryl methyl sites for hydroxylation is 2. The standard InChI is InChI=1S/C14H12FN3/c1-9-7-11(3-4-12(9)15)13-5-6-14-16-10(2)8-18(14)17-13/h3-8H,1-2H3. The van der Waals surface area contributed by atoms with Crippen molar-refractivity contribution in [2.45, 2.75) is 13.8 Å². The number of imidazole rings is 1. The minimum atomic E-state index is -0.196. The van der Waals surface area contributed by atoms with Crippen molar-refractivity contribution in [1.82, 2.24) is 14.6 Å². The second-order valence-corrected chi connectivity index (χ2v) is 4.37. The van der Waals surface area contributed by atoms with Gasteiger partial charge in [-0.3, -0.25) is 0 Å². The summed E-state index contributed by atoms with van der Waals surface area (Å²) in [5.41, 5.74) is 4.08. The lowest BCUT2D eigenvalue weighted by Crippen LogP contribution is -1.94. The van der Waals surface area contributed by atoms with Crippen molar-refractivity contribution in [3.63, 3.8) is 0 Å². The molecule has 2 aromatic heterocycles. The molecule has 90 valence electrons. The van der Waals surface area contributed by atoms with Gasteiger partial charge in [0.2, 0.25) is 0 Å². The van der Waals surface area contributed by atoms with Crippen LogP contribution in [0.5, 0.6) is 0 Å².